The van der Waals surface area contributed by atoms with E-state index in [4.69, 9.17) is 0 Å². The van der Waals surface area contributed by atoms with Gasteiger partial charge in [-0.3, -0.25) is 19.2 Å². The van der Waals surface area contributed by atoms with Gasteiger partial charge in [0.25, 0.3) is 0 Å². The number of aromatic nitrogens is 1. The summed E-state index contributed by atoms with van der Waals surface area (Å²) in [6.45, 7) is 15.8. The minimum absolute atomic E-state index is 0.160. The van der Waals surface area contributed by atoms with E-state index >= 15 is 0 Å². The first-order valence-electron chi connectivity index (χ1n) is 16.0. The topological polar surface area (TPSA) is 127 Å². The molecule has 2 rings (SSSR count). The van der Waals surface area contributed by atoms with Gasteiger partial charge in [-0.05, 0) is 55.2 Å². The van der Waals surface area contributed by atoms with Gasteiger partial charge in [-0.2, -0.15) is 0 Å². The summed E-state index contributed by atoms with van der Waals surface area (Å²) in [5.74, 6) is -1.43. The summed E-state index contributed by atoms with van der Waals surface area (Å²) in [4.78, 5) is 60.6. The Morgan fingerprint density at radius 1 is 0.795 bits per heavy atom. The highest BCUT2D eigenvalue weighted by Gasteiger charge is 2.38. The van der Waals surface area contributed by atoms with E-state index in [-0.39, 0.29) is 41.4 Å². The van der Waals surface area contributed by atoms with E-state index in [2.05, 4.69) is 27.0 Å². The van der Waals surface area contributed by atoms with Crippen molar-refractivity contribution < 1.29 is 19.2 Å². The summed E-state index contributed by atoms with van der Waals surface area (Å²) in [5.41, 5.74) is 2.16. The van der Waals surface area contributed by atoms with Crippen molar-refractivity contribution in [3.05, 3.63) is 36.0 Å². The molecule has 0 spiro atoms. The molecule has 0 aliphatic heterocycles. The molecule has 1 aromatic carbocycles. The zero-order valence-electron chi connectivity index (χ0n) is 28.7. The van der Waals surface area contributed by atoms with Crippen molar-refractivity contribution in [1.29, 1.82) is 0 Å². The first-order chi connectivity index (χ1) is 20.6. The number of carbonyl (C=O) groups excluding carboxylic acids is 4. The van der Waals surface area contributed by atoms with Gasteiger partial charge in [-0.15, -0.1) is 0 Å². The monoisotopic (exact) mass is 612 g/mol. The van der Waals surface area contributed by atoms with Gasteiger partial charge < -0.3 is 30.7 Å². The number of nitrogens with zero attached hydrogens (tertiary/aromatic N) is 2. The number of hydrogen-bond donors (Lipinski definition) is 4. The van der Waals surface area contributed by atoms with E-state index in [1.807, 2.05) is 79.8 Å². The molecular formula is C34H56N6O4. The van der Waals surface area contributed by atoms with Crippen LogP contribution in [0.25, 0.3) is 10.9 Å². The average Bonchev–Trinajstić information content (AvgIpc) is 3.36. The average molecular weight is 613 g/mol. The lowest BCUT2D eigenvalue weighted by molar-refractivity contribution is -0.147. The number of hydrogen-bond acceptors (Lipinski definition) is 5. The van der Waals surface area contributed by atoms with Crippen LogP contribution in [0.15, 0.2) is 30.5 Å². The second-order valence-electron chi connectivity index (χ2n) is 13.4. The normalized spacial score (nSPS) is 14.5. The maximum atomic E-state index is 13.9. The molecule has 0 radical (unpaired) electrons. The van der Waals surface area contributed by atoms with Crippen molar-refractivity contribution in [2.45, 2.75) is 92.4 Å². The molecule has 10 nitrogen and oxygen atoms in total. The van der Waals surface area contributed by atoms with Gasteiger partial charge in [0, 0.05) is 37.7 Å². The van der Waals surface area contributed by atoms with E-state index in [0.717, 1.165) is 16.5 Å². The molecule has 1 heterocycles. The summed E-state index contributed by atoms with van der Waals surface area (Å²) in [6, 6.07) is 5.27. The second kappa shape index (κ2) is 16.6. The van der Waals surface area contributed by atoms with Crippen molar-refractivity contribution in [1.82, 2.24) is 30.7 Å². The predicted molar refractivity (Wildman–Crippen MR) is 177 cm³/mol. The fourth-order valence-corrected chi connectivity index (χ4v) is 5.92. The summed E-state index contributed by atoms with van der Waals surface area (Å²) >= 11 is 0. The highest BCUT2D eigenvalue weighted by molar-refractivity contribution is 5.95. The summed E-state index contributed by atoms with van der Waals surface area (Å²) in [7, 11) is 5.01. The van der Waals surface area contributed by atoms with Crippen LogP contribution in [0.3, 0.4) is 0 Å². The second-order valence-corrected chi connectivity index (χ2v) is 13.4. The number of fused-ring (bicyclic) bond motifs is 1. The van der Waals surface area contributed by atoms with Crippen LogP contribution in [0, 0.1) is 23.7 Å². The number of likely N-dealkylation sites (N-methyl/N-ethyl adjacent to an activating group) is 3. The third kappa shape index (κ3) is 9.30. The van der Waals surface area contributed by atoms with Crippen LogP contribution in [0.1, 0.15) is 67.4 Å². The number of para-hydroxylation sites is 1. The maximum absolute atomic E-state index is 13.9. The molecule has 0 bridgehead atoms. The number of H-pyrrole nitrogens is 1. The molecular weight excluding hydrogens is 556 g/mol. The zero-order chi connectivity index (χ0) is 33.3. The van der Waals surface area contributed by atoms with E-state index in [1.165, 1.54) is 9.80 Å². The Hall–Kier alpha value is -3.40. The highest BCUT2D eigenvalue weighted by Crippen LogP contribution is 2.19. The van der Waals surface area contributed by atoms with Crippen LogP contribution < -0.4 is 16.0 Å². The molecule has 0 aliphatic carbocycles. The minimum atomic E-state index is -0.867. The largest absolute Gasteiger partial charge is 0.361 e. The van der Waals surface area contributed by atoms with Crippen LogP contribution in [-0.2, 0) is 25.6 Å². The highest BCUT2D eigenvalue weighted by atomic mass is 16.2. The first kappa shape index (κ1) is 36.8. The van der Waals surface area contributed by atoms with Gasteiger partial charge in [0.1, 0.15) is 18.1 Å². The molecule has 44 heavy (non-hydrogen) atoms. The Kier molecular flexibility index (Phi) is 13.9. The van der Waals surface area contributed by atoms with Crippen molar-refractivity contribution in [3.8, 4) is 0 Å². The molecule has 246 valence electrons. The first-order valence-corrected chi connectivity index (χ1v) is 16.0. The van der Waals surface area contributed by atoms with Crippen LogP contribution >= 0.6 is 0 Å². The summed E-state index contributed by atoms with van der Waals surface area (Å²) in [6.07, 6.45) is 3.25. The quantitative estimate of drug-likeness (QED) is 0.231. The van der Waals surface area contributed by atoms with E-state index in [1.54, 1.807) is 21.1 Å². The number of nitrogens with one attached hydrogen (secondary N) is 4. The fourth-order valence-electron chi connectivity index (χ4n) is 5.92. The van der Waals surface area contributed by atoms with Crippen molar-refractivity contribution in [3.63, 3.8) is 0 Å². The molecule has 0 saturated carbocycles. The number of benzene rings is 1. The summed E-state index contributed by atoms with van der Waals surface area (Å²) in [5, 5.41) is 10.2. The van der Waals surface area contributed by atoms with Crippen molar-refractivity contribution in [2.24, 2.45) is 23.7 Å². The lowest BCUT2D eigenvalue weighted by atomic mass is 9.95. The Morgan fingerprint density at radius 3 is 1.91 bits per heavy atom. The van der Waals surface area contributed by atoms with Crippen LogP contribution in [0.2, 0.25) is 0 Å². The Bertz CT molecular complexity index is 1250. The molecule has 0 fully saturated rings. The minimum Gasteiger partial charge on any atom is -0.361 e. The summed E-state index contributed by atoms with van der Waals surface area (Å²) < 4.78 is 0. The molecule has 1 aromatic heterocycles. The van der Waals surface area contributed by atoms with Crippen LogP contribution in [-0.4, -0.2) is 90.3 Å². The van der Waals surface area contributed by atoms with Gasteiger partial charge in [0.2, 0.25) is 23.6 Å². The molecule has 0 aliphatic rings. The molecule has 10 heteroatoms. The van der Waals surface area contributed by atoms with Gasteiger partial charge in [-0.1, -0.05) is 73.6 Å². The lowest BCUT2D eigenvalue weighted by Crippen LogP contribution is -2.61. The van der Waals surface area contributed by atoms with Gasteiger partial charge in [0.15, 0.2) is 0 Å². The molecule has 4 N–H and O–H groups in total. The van der Waals surface area contributed by atoms with E-state index in [0.29, 0.717) is 25.3 Å². The molecule has 4 amide bonds. The van der Waals surface area contributed by atoms with Crippen molar-refractivity contribution in [2.75, 3.05) is 27.7 Å². The molecule has 4 atom stereocenters. The van der Waals surface area contributed by atoms with E-state index < -0.39 is 24.2 Å². The standard InChI is InChI=1S/C34H56N6O4/c1-20(2)18-27(35-9)33(43)39(10)30(23(7)8)32(42)38-28(21(3)4)34(44)40(11)29(22(5)6)31(41)36-17-16-24-19-37-26-15-13-12-14-25(24)26/h12-15,19-23,27-30,35,37H,16-18H2,1-11H3,(H,36,41)(H,38,42)/t27-,28-,29-,30-/m1/s1. The Labute approximate surface area is 264 Å². The third-order valence-corrected chi connectivity index (χ3v) is 8.28. The van der Waals surface area contributed by atoms with Crippen LogP contribution in [0.5, 0.6) is 0 Å². The predicted octanol–water partition coefficient (Wildman–Crippen LogP) is 3.57. The van der Waals surface area contributed by atoms with Gasteiger partial charge in [0.05, 0.1) is 6.04 Å². The van der Waals surface area contributed by atoms with Gasteiger partial charge >= 0.3 is 0 Å². The van der Waals surface area contributed by atoms with Crippen LogP contribution in [0.4, 0.5) is 0 Å². The Morgan fingerprint density at radius 2 is 1.36 bits per heavy atom. The number of aromatic amines is 1. The Balaban J connectivity index is 2.16. The SMILES string of the molecule is CN[C@H](CC(C)C)C(=O)N(C)[C@@H](C(=O)N[C@@H](C(=O)N(C)[C@@H](C(=O)NCCc1c[nH]c2ccccc12)C(C)C)C(C)C)C(C)C. The number of rotatable bonds is 16. The fraction of sp³-hybridized carbons (Fsp3) is 0.647. The zero-order valence-corrected chi connectivity index (χ0v) is 28.7. The molecule has 0 unspecified atom stereocenters. The molecule has 2 aromatic rings. The lowest BCUT2D eigenvalue weighted by Gasteiger charge is -2.37. The molecule has 0 saturated heterocycles. The number of amides is 4. The van der Waals surface area contributed by atoms with Gasteiger partial charge in [-0.25, -0.2) is 0 Å². The van der Waals surface area contributed by atoms with Crippen molar-refractivity contribution >= 4 is 34.5 Å². The van der Waals surface area contributed by atoms with E-state index in [9.17, 15) is 19.2 Å². The number of carbonyl (C=O) groups is 4. The smallest absolute Gasteiger partial charge is 0.245 e. The third-order valence-electron chi connectivity index (χ3n) is 8.28. The maximum Gasteiger partial charge on any atom is 0.245 e.